The van der Waals surface area contributed by atoms with E-state index >= 15 is 0 Å². The van der Waals surface area contributed by atoms with Crippen molar-refractivity contribution >= 4 is 0 Å². The fourth-order valence-electron chi connectivity index (χ4n) is 5.61. The van der Waals surface area contributed by atoms with Crippen LogP contribution in [0.1, 0.15) is 70.1 Å². The van der Waals surface area contributed by atoms with Gasteiger partial charge in [-0.25, -0.2) is 0 Å². The molecular weight excluding hydrogens is 238 g/mol. The Labute approximate surface area is 114 Å². The molecule has 4 fully saturated rings. The highest BCUT2D eigenvalue weighted by atomic mass is 16.5. The molecule has 2 N–H and O–H groups in total. The van der Waals surface area contributed by atoms with Gasteiger partial charge in [0.15, 0.2) is 5.82 Å². The lowest BCUT2D eigenvalue weighted by Crippen LogP contribution is -2.53. The molecule has 4 aliphatic rings. The van der Waals surface area contributed by atoms with E-state index in [0.29, 0.717) is 11.2 Å². The summed E-state index contributed by atoms with van der Waals surface area (Å²) in [6.07, 6.45) is 7.96. The van der Waals surface area contributed by atoms with Crippen LogP contribution >= 0.6 is 0 Å². The minimum Gasteiger partial charge on any atom is -0.339 e. The van der Waals surface area contributed by atoms with Crippen LogP contribution in [-0.2, 0) is 5.41 Å². The minimum absolute atomic E-state index is 0.137. The smallest absolute Gasteiger partial charge is 0.232 e. The molecule has 4 saturated carbocycles. The number of rotatable bonds is 2. The lowest BCUT2D eigenvalue weighted by atomic mass is 9.44. The molecule has 0 radical (unpaired) electrons. The van der Waals surface area contributed by atoms with E-state index in [0.717, 1.165) is 17.7 Å². The number of aromatic nitrogens is 2. The highest BCUT2D eigenvalue weighted by Crippen LogP contribution is 2.65. The zero-order valence-corrected chi connectivity index (χ0v) is 11.9. The second-order valence-corrected chi connectivity index (χ2v) is 7.80. The van der Waals surface area contributed by atoms with Crippen LogP contribution in [0, 0.1) is 17.3 Å². The molecule has 4 nitrogen and oxygen atoms in total. The van der Waals surface area contributed by atoms with Crippen molar-refractivity contribution in [3.63, 3.8) is 0 Å². The molecule has 1 aromatic heterocycles. The molecule has 3 unspecified atom stereocenters. The second kappa shape index (κ2) is 3.60. The van der Waals surface area contributed by atoms with Gasteiger partial charge in [0.2, 0.25) is 5.89 Å². The zero-order chi connectivity index (χ0) is 13.3. The van der Waals surface area contributed by atoms with Gasteiger partial charge < -0.3 is 10.3 Å². The maximum Gasteiger partial charge on any atom is 0.232 e. The van der Waals surface area contributed by atoms with Gasteiger partial charge in [-0.3, -0.25) is 0 Å². The molecular formula is C15H23N3O. The Morgan fingerprint density at radius 2 is 1.95 bits per heavy atom. The van der Waals surface area contributed by atoms with Gasteiger partial charge in [-0.1, -0.05) is 12.1 Å². The Morgan fingerprint density at radius 1 is 1.26 bits per heavy atom. The topological polar surface area (TPSA) is 64.9 Å². The predicted molar refractivity (Wildman–Crippen MR) is 71.4 cm³/mol. The van der Waals surface area contributed by atoms with Crippen LogP contribution in [0.25, 0.3) is 0 Å². The highest BCUT2D eigenvalue weighted by Gasteiger charge is 2.58. The van der Waals surface area contributed by atoms with Gasteiger partial charge in [0, 0.05) is 0 Å². The third-order valence-electron chi connectivity index (χ3n) is 5.66. The summed E-state index contributed by atoms with van der Waals surface area (Å²) in [4.78, 5) is 4.63. The van der Waals surface area contributed by atoms with E-state index in [-0.39, 0.29) is 11.5 Å². The summed E-state index contributed by atoms with van der Waals surface area (Å²) in [5.74, 6) is 3.28. The first kappa shape index (κ1) is 11.9. The number of hydrogen-bond donors (Lipinski definition) is 1. The second-order valence-electron chi connectivity index (χ2n) is 7.80. The fraction of sp³-hybridized carbons (Fsp3) is 0.867. The first-order chi connectivity index (χ1) is 8.98. The quantitative estimate of drug-likeness (QED) is 0.889. The Bertz CT molecular complexity index is 493. The molecule has 4 aliphatic carbocycles. The van der Waals surface area contributed by atoms with Gasteiger partial charge in [-0.15, -0.1) is 0 Å². The van der Waals surface area contributed by atoms with Gasteiger partial charge >= 0.3 is 0 Å². The first-order valence-electron chi connectivity index (χ1n) is 7.58. The Kier molecular flexibility index (Phi) is 2.25. The summed E-state index contributed by atoms with van der Waals surface area (Å²) < 4.78 is 5.61. The van der Waals surface area contributed by atoms with E-state index in [1.807, 2.05) is 6.92 Å². The van der Waals surface area contributed by atoms with Crippen LogP contribution < -0.4 is 5.73 Å². The van der Waals surface area contributed by atoms with E-state index in [9.17, 15) is 0 Å². The van der Waals surface area contributed by atoms with Crippen LogP contribution in [-0.4, -0.2) is 10.1 Å². The van der Waals surface area contributed by atoms with Crippen LogP contribution in [0.4, 0.5) is 0 Å². The molecule has 3 atom stereocenters. The van der Waals surface area contributed by atoms with Crippen molar-refractivity contribution < 1.29 is 4.52 Å². The molecule has 19 heavy (non-hydrogen) atoms. The van der Waals surface area contributed by atoms with Crippen LogP contribution in [0.15, 0.2) is 4.52 Å². The summed E-state index contributed by atoms with van der Waals surface area (Å²) in [6.45, 7) is 4.37. The Hall–Kier alpha value is -0.900. The standard InChI is InChI=1S/C15H23N3O/c1-9(16)12-17-13(19-18-12)15-6-10-3-11(7-15)5-14(2,4-10)8-15/h9-11H,3-8,16H2,1-2H3. The number of nitrogens with zero attached hydrogens (tertiary/aromatic N) is 2. The van der Waals surface area contributed by atoms with Crippen LogP contribution in [0.5, 0.6) is 0 Å². The lowest BCUT2D eigenvalue weighted by molar-refractivity contribution is -0.0724. The third-order valence-corrected chi connectivity index (χ3v) is 5.66. The van der Waals surface area contributed by atoms with Crippen molar-refractivity contribution in [2.24, 2.45) is 23.0 Å². The predicted octanol–water partition coefficient (Wildman–Crippen LogP) is 2.95. The summed E-state index contributed by atoms with van der Waals surface area (Å²) >= 11 is 0. The molecule has 1 heterocycles. The summed E-state index contributed by atoms with van der Waals surface area (Å²) in [5.41, 5.74) is 6.53. The van der Waals surface area contributed by atoms with Crippen LogP contribution in [0.2, 0.25) is 0 Å². The lowest BCUT2D eigenvalue weighted by Gasteiger charge is -2.59. The van der Waals surface area contributed by atoms with E-state index in [1.54, 1.807) is 0 Å². The van der Waals surface area contributed by atoms with Crippen LogP contribution in [0.3, 0.4) is 0 Å². The average molecular weight is 261 g/mol. The summed E-state index contributed by atoms with van der Waals surface area (Å²) in [6, 6.07) is -0.137. The monoisotopic (exact) mass is 261 g/mol. The maximum absolute atomic E-state index is 5.86. The fourth-order valence-corrected chi connectivity index (χ4v) is 5.61. The molecule has 104 valence electrons. The minimum atomic E-state index is -0.137. The molecule has 0 spiro atoms. The Morgan fingerprint density at radius 3 is 2.47 bits per heavy atom. The summed E-state index contributed by atoms with van der Waals surface area (Å²) in [5, 5.41) is 4.08. The molecule has 0 amide bonds. The van der Waals surface area contributed by atoms with Gasteiger partial charge in [0.05, 0.1) is 11.5 Å². The molecule has 0 saturated heterocycles. The first-order valence-corrected chi connectivity index (χ1v) is 7.58. The Balaban J connectivity index is 1.73. The van der Waals surface area contributed by atoms with Gasteiger partial charge in [0.1, 0.15) is 0 Å². The number of hydrogen-bond acceptors (Lipinski definition) is 4. The van der Waals surface area contributed by atoms with Crippen molar-refractivity contribution in [2.75, 3.05) is 0 Å². The van der Waals surface area contributed by atoms with Crippen molar-refractivity contribution in [1.82, 2.24) is 10.1 Å². The molecule has 4 heteroatoms. The molecule has 4 bridgehead atoms. The van der Waals surface area contributed by atoms with E-state index in [4.69, 9.17) is 10.3 Å². The van der Waals surface area contributed by atoms with Gasteiger partial charge in [-0.05, 0) is 62.7 Å². The van der Waals surface area contributed by atoms with E-state index in [2.05, 4.69) is 17.1 Å². The molecule has 0 aromatic carbocycles. The largest absolute Gasteiger partial charge is 0.339 e. The van der Waals surface area contributed by atoms with Crippen molar-refractivity contribution in [2.45, 2.75) is 63.8 Å². The van der Waals surface area contributed by atoms with Crippen molar-refractivity contribution in [3.8, 4) is 0 Å². The molecule has 5 rings (SSSR count). The van der Waals surface area contributed by atoms with Gasteiger partial charge in [0.25, 0.3) is 0 Å². The van der Waals surface area contributed by atoms with E-state index in [1.165, 1.54) is 38.5 Å². The molecule has 0 aliphatic heterocycles. The average Bonchev–Trinajstić information content (AvgIpc) is 2.74. The zero-order valence-electron chi connectivity index (χ0n) is 11.9. The third kappa shape index (κ3) is 1.69. The normalized spacial score (nSPS) is 45.6. The number of nitrogens with two attached hydrogens (primary N) is 1. The maximum atomic E-state index is 5.86. The molecule has 1 aromatic rings. The van der Waals surface area contributed by atoms with Crippen molar-refractivity contribution in [1.29, 1.82) is 0 Å². The van der Waals surface area contributed by atoms with Crippen molar-refractivity contribution in [3.05, 3.63) is 11.7 Å². The highest BCUT2D eigenvalue weighted by molar-refractivity contribution is 5.18. The van der Waals surface area contributed by atoms with Gasteiger partial charge in [-0.2, -0.15) is 4.98 Å². The van der Waals surface area contributed by atoms with E-state index < -0.39 is 0 Å². The summed E-state index contributed by atoms with van der Waals surface area (Å²) in [7, 11) is 0. The SMILES string of the molecule is CC(N)c1noc(C23CC4CC(CC(C)(C4)C2)C3)n1.